The van der Waals surface area contributed by atoms with E-state index < -0.39 is 5.60 Å². The number of rotatable bonds is 8. The van der Waals surface area contributed by atoms with E-state index in [0.29, 0.717) is 23.9 Å². The maximum absolute atomic E-state index is 12.4. The zero-order chi connectivity index (χ0) is 22.9. The summed E-state index contributed by atoms with van der Waals surface area (Å²) in [4.78, 5) is 35.8. The van der Waals surface area contributed by atoms with Crippen LogP contribution < -0.4 is 10.2 Å². The molecular formula is C25H34N4O3. The van der Waals surface area contributed by atoms with Gasteiger partial charge in [-0.3, -0.25) is 9.59 Å². The average Bonchev–Trinajstić information content (AvgIpc) is 3.54. The van der Waals surface area contributed by atoms with Gasteiger partial charge in [-0.15, -0.1) is 0 Å². The number of hydrogen-bond donors (Lipinski definition) is 1. The van der Waals surface area contributed by atoms with E-state index in [-0.39, 0.29) is 18.5 Å². The molecule has 1 aromatic rings. The highest BCUT2D eigenvalue weighted by atomic mass is 16.6. The third-order valence-corrected chi connectivity index (χ3v) is 5.99. The van der Waals surface area contributed by atoms with E-state index in [2.05, 4.69) is 39.3 Å². The number of nitrogens with one attached hydrogen (secondary N) is 1. The maximum Gasteiger partial charge on any atom is 0.306 e. The third-order valence-electron chi connectivity index (χ3n) is 5.99. The van der Waals surface area contributed by atoms with Crippen LogP contribution in [-0.4, -0.2) is 42.2 Å². The predicted molar refractivity (Wildman–Crippen MR) is 127 cm³/mol. The normalized spacial score (nSPS) is 17.8. The molecular weight excluding hydrogens is 404 g/mol. The quantitative estimate of drug-likeness (QED) is 0.477. The van der Waals surface area contributed by atoms with Gasteiger partial charge in [-0.25, -0.2) is 9.98 Å². The highest BCUT2D eigenvalue weighted by Crippen LogP contribution is 2.46. The second-order valence-electron chi connectivity index (χ2n) is 9.98. The van der Waals surface area contributed by atoms with Crippen molar-refractivity contribution in [2.24, 2.45) is 9.98 Å². The van der Waals surface area contributed by atoms with Crippen LogP contribution in [0.3, 0.4) is 0 Å². The second kappa shape index (κ2) is 9.04. The number of ether oxygens (including phenoxy) is 1. The van der Waals surface area contributed by atoms with Gasteiger partial charge in [0.05, 0.1) is 11.4 Å². The van der Waals surface area contributed by atoms with Crippen LogP contribution >= 0.6 is 0 Å². The van der Waals surface area contributed by atoms with E-state index in [4.69, 9.17) is 4.74 Å². The minimum atomic E-state index is -0.428. The number of aryl methyl sites for hydroxylation is 1. The van der Waals surface area contributed by atoms with E-state index in [1.807, 2.05) is 20.8 Å². The molecule has 4 rings (SSSR count). The van der Waals surface area contributed by atoms with Crippen molar-refractivity contribution in [2.45, 2.75) is 84.2 Å². The van der Waals surface area contributed by atoms with E-state index >= 15 is 0 Å². The first-order valence-corrected chi connectivity index (χ1v) is 11.8. The van der Waals surface area contributed by atoms with Gasteiger partial charge in [0.15, 0.2) is 11.5 Å². The van der Waals surface area contributed by atoms with Gasteiger partial charge in [0.1, 0.15) is 12.3 Å². The Kier molecular flexibility index (Phi) is 6.35. The van der Waals surface area contributed by atoms with Gasteiger partial charge in [-0.1, -0.05) is 12.8 Å². The molecule has 7 nitrogen and oxygen atoms in total. The van der Waals surface area contributed by atoms with Gasteiger partial charge >= 0.3 is 5.97 Å². The molecule has 0 atom stereocenters. The van der Waals surface area contributed by atoms with Gasteiger partial charge in [0, 0.05) is 13.0 Å². The van der Waals surface area contributed by atoms with Gasteiger partial charge in [-0.05, 0) is 82.6 Å². The molecule has 1 saturated carbocycles. The Morgan fingerprint density at radius 3 is 2.66 bits per heavy atom. The Hall–Kier alpha value is -2.70. The molecule has 32 heavy (non-hydrogen) atoms. The Bertz CT molecular complexity index is 970. The fourth-order valence-electron chi connectivity index (χ4n) is 4.34. The summed E-state index contributed by atoms with van der Waals surface area (Å²) in [6.07, 6.45) is 6.69. The molecule has 7 heteroatoms. The van der Waals surface area contributed by atoms with Crippen molar-refractivity contribution in [1.29, 1.82) is 0 Å². The molecule has 1 fully saturated rings. The van der Waals surface area contributed by atoms with Crippen molar-refractivity contribution < 1.29 is 14.3 Å². The Labute approximate surface area is 190 Å². The lowest BCUT2D eigenvalue weighted by molar-refractivity contribution is -0.154. The molecule has 3 aliphatic rings. The Balaban J connectivity index is 1.41. The van der Waals surface area contributed by atoms with Crippen molar-refractivity contribution in [1.82, 2.24) is 5.32 Å². The fourth-order valence-corrected chi connectivity index (χ4v) is 4.34. The van der Waals surface area contributed by atoms with Crippen molar-refractivity contribution in [3.63, 3.8) is 0 Å². The van der Waals surface area contributed by atoms with Crippen molar-refractivity contribution in [2.75, 3.05) is 18.1 Å². The van der Waals surface area contributed by atoms with Gasteiger partial charge in [0.25, 0.3) is 5.91 Å². The number of nitrogens with zero attached hydrogens (tertiary/aromatic N) is 3. The smallest absolute Gasteiger partial charge is 0.306 e. The van der Waals surface area contributed by atoms with E-state index in [1.54, 1.807) is 0 Å². The second-order valence-corrected chi connectivity index (χ2v) is 9.98. The Morgan fingerprint density at radius 2 is 1.94 bits per heavy atom. The average molecular weight is 439 g/mol. The topological polar surface area (TPSA) is 83.4 Å². The number of benzene rings is 1. The standard InChI is InChI=1S/C25H34N4O3/c1-16-13-19-20(14-18(16)17-10-11-17)29(23-22(28-19)24(31)27-15-26-23)12-8-6-5-7-9-21(30)32-25(2,3)4/h13-14,17H,5-12,15H2,1-4H3,(H,27,31). The first-order chi connectivity index (χ1) is 15.2. The summed E-state index contributed by atoms with van der Waals surface area (Å²) in [6, 6.07) is 4.38. The molecule has 0 saturated heterocycles. The zero-order valence-corrected chi connectivity index (χ0v) is 19.7. The molecule has 1 amide bonds. The molecule has 2 aliphatic heterocycles. The monoisotopic (exact) mass is 438 g/mol. The predicted octanol–water partition coefficient (Wildman–Crippen LogP) is 4.54. The van der Waals surface area contributed by atoms with Gasteiger partial charge < -0.3 is 15.0 Å². The molecule has 2 heterocycles. The summed E-state index contributed by atoms with van der Waals surface area (Å²) in [5.41, 5.74) is 4.53. The maximum atomic E-state index is 12.4. The number of carbonyl (C=O) groups excluding carboxylic acids is 2. The molecule has 1 aromatic carbocycles. The van der Waals surface area contributed by atoms with Gasteiger partial charge in [0.2, 0.25) is 0 Å². The van der Waals surface area contributed by atoms with Crippen LogP contribution in [0.5, 0.6) is 0 Å². The minimum Gasteiger partial charge on any atom is -0.460 e. The van der Waals surface area contributed by atoms with E-state index in [0.717, 1.165) is 43.6 Å². The zero-order valence-electron chi connectivity index (χ0n) is 19.7. The summed E-state index contributed by atoms with van der Waals surface area (Å²) < 4.78 is 5.38. The van der Waals surface area contributed by atoms with E-state index in [1.165, 1.54) is 24.0 Å². The van der Waals surface area contributed by atoms with Crippen molar-refractivity contribution >= 4 is 34.8 Å². The lowest BCUT2D eigenvalue weighted by Gasteiger charge is -2.33. The molecule has 0 bridgehead atoms. The van der Waals surface area contributed by atoms with Crippen molar-refractivity contribution in [3.8, 4) is 0 Å². The summed E-state index contributed by atoms with van der Waals surface area (Å²) in [7, 11) is 0. The molecule has 1 aliphatic carbocycles. The molecule has 0 spiro atoms. The number of unbranched alkanes of at least 4 members (excludes halogenated alkanes) is 3. The van der Waals surface area contributed by atoms with Crippen LogP contribution in [0.2, 0.25) is 0 Å². The van der Waals surface area contributed by atoms with Crippen molar-refractivity contribution in [3.05, 3.63) is 23.3 Å². The third kappa shape index (κ3) is 5.19. The number of aliphatic imine (C=N–C) groups is 2. The number of amidine groups is 1. The van der Waals surface area contributed by atoms with E-state index in [9.17, 15) is 9.59 Å². The summed E-state index contributed by atoms with van der Waals surface area (Å²) in [5, 5.41) is 2.77. The molecule has 0 unspecified atom stereocenters. The summed E-state index contributed by atoms with van der Waals surface area (Å²) >= 11 is 0. The fraction of sp³-hybridized carbons (Fsp3) is 0.600. The largest absolute Gasteiger partial charge is 0.460 e. The number of esters is 1. The SMILES string of the molecule is Cc1cc2c(cc1C1CC1)N(CCCCCCC(=O)OC(C)(C)C)C1=NCNC(=O)C1=N2. The summed E-state index contributed by atoms with van der Waals surface area (Å²) in [5.74, 6) is 1.04. The lowest BCUT2D eigenvalue weighted by atomic mass is 9.99. The first-order valence-electron chi connectivity index (χ1n) is 11.8. The number of carbonyl (C=O) groups is 2. The number of fused-ring (bicyclic) bond motifs is 2. The molecule has 172 valence electrons. The molecule has 0 aromatic heterocycles. The first kappa shape index (κ1) is 22.5. The van der Waals surface area contributed by atoms with Crippen LogP contribution in [-0.2, 0) is 14.3 Å². The highest BCUT2D eigenvalue weighted by molar-refractivity contribution is 6.70. The van der Waals surface area contributed by atoms with Crippen LogP contribution in [0, 0.1) is 6.92 Å². The molecule has 0 radical (unpaired) electrons. The van der Waals surface area contributed by atoms with Crippen LogP contribution in [0.1, 0.15) is 82.8 Å². The van der Waals surface area contributed by atoms with Crippen LogP contribution in [0.15, 0.2) is 22.1 Å². The number of amides is 1. The molecule has 1 N–H and O–H groups in total. The Morgan fingerprint density at radius 1 is 1.19 bits per heavy atom. The van der Waals surface area contributed by atoms with Gasteiger partial charge in [-0.2, -0.15) is 0 Å². The van der Waals surface area contributed by atoms with Crippen LogP contribution in [0.4, 0.5) is 11.4 Å². The highest BCUT2D eigenvalue weighted by Gasteiger charge is 2.34. The minimum absolute atomic E-state index is 0.131. The summed E-state index contributed by atoms with van der Waals surface area (Å²) in [6.45, 7) is 8.87. The number of hydrogen-bond acceptors (Lipinski definition) is 6. The number of anilines is 1. The lowest BCUT2D eigenvalue weighted by Crippen LogP contribution is -2.50. The van der Waals surface area contributed by atoms with Crippen LogP contribution in [0.25, 0.3) is 0 Å².